The molecule has 0 atom stereocenters. The van der Waals surface area contributed by atoms with E-state index in [9.17, 15) is 0 Å². The molecule has 18 rings (SSSR count). The molecule has 0 aliphatic carbocycles. The Labute approximate surface area is 629 Å². The van der Waals surface area contributed by atoms with E-state index < -0.39 is 0 Å². The van der Waals surface area contributed by atoms with Crippen molar-refractivity contribution in [2.75, 3.05) is 9.80 Å². The van der Waals surface area contributed by atoms with Crippen molar-refractivity contribution in [1.82, 2.24) is 9.97 Å². The average Bonchev–Trinajstić information content (AvgIpc) is 0.692. The summed E-state index contributed by atoms with van der Waals surface area (Å²) in [4.78, 5) is 17.3. The third-order valence-electron chi connectivity index (χ3n) is 21.5. The molecule has 3 heterocycles. The van der Waals surface area contributed by atoms with Crippen LogP contribution in [0.25, 0.3) is 123 Å². The highest BCUT2D eigenvalue weighted by Gasteiger charge is 2.45. The van der Waals surface area contributed by atoms with Crippen LogP contribution in [-0.4, -0.2) is 16.7 Å². The Balaban J connectivity index is 0.991. The van der Waals surface area contributed by atoms with E-state index in [0.29, 0.717) is 5.82 Å². The van der Waals surface area contributed by atoms with Crippen LogP contribution in [0.2, 0.25) is 0 Å². The second kappa shape index (κ2) is 27.3. The van der Waals surface area contributed by atoms with Gasteiger partial charge in [0.15, 0.2) is 5.82 Å². The molecule has 2 aliphatic heterocycles. The lowest BCUT2D eigenvalue weighted by atomic mass is 9.33. The maximum absolute atomic E-state index is 6.04. The summed E-state index contributed by atoms with van der Waals surface area (Å²) < 4.78 is 0. The summed E-state index contributed by atoms with van der Waals surface area (Å²) in [6, 6.07) is 137. The molecule has 16 aromatic rings. The molecule has 107 heavy (non-hydrogen) atoms. The average molecular weight is 1370 g/mol. The van der Waals surface area contributed by atoms with E-state index in [-0.39, 0.29) is 17.5 Å². The molecule has 0 radical (unpaired) electrons. The van der Waals surface area contributed by atoms with Crippen molar-refractivity contribution in [2.45, 2.75) is 52.4 Å². The van der Waals surface area contributed by atoms with E-state index in [1.165, 1.54) is 27.5 Å². The fourth-order valence-electron chi connectivity index (χ4n) is 15.9. The first kappa shape index (κ1) is 66.0. The summed E-state index contributed by atoms with van der Waals surface area (Å²) in [7, 11) is 0. The quantitative estimate of drug-likeness (QED) is 0.108. The van der Waals surface area contributed by atoms with Crippen LogP contribution < -0.4 is 26.2 Å². The summed E-state index contributed by atoms with van der Waals surface area (Å²) in [5, 5.41) is 0. The maximum Gasteiger partial charge on any atom is 0.252 e. The van der Waals surface area contributed by atoms with Crippen LogP contribution in [-0.2, 0) is 10.8 Å². The molecule has 5 heteroatoms. The van der Waals surface area contributed by atoms with E-state index in [2.05, 4.69) is 421 Å². The number of hydrogen-bond donors (Lipinski definition) is 0. The predicted molar refractivity (Wildman–Crippen MR) is 453 cm³/mol. The summed E-state index contributed by atoms with van der Waals surface area (Å²) in [5.41, 5.74) is 34.6. The smallest absolute Gasteiger partial charge is 0.252 e. The van der Waals surface area contributed by atoms with Crippen molar-refractivity contribution < 1.29 is 0 Å². The summed E-state index contributed by atoms with van der Waals surface area (Å²) >= 11 is 0. The zero-order valence-electron chi connectivity index (χ0n) is 61.1. The highest BCUT2D eigenvalue weighted by atomic mass is 15.2. The van der Waals surface area contributed by atoms with Crippen LogP contribution in [0, 0.1) is 0 Å². The SMILES string of the molecule is CC(C)(C)c1ccc2c(c1)N(c1cc(-c3ccccc3)cc(-c3ccccc3)c1)c1cc(-c3nc(-c4cc(-c5ccccc5)cc(-c5ccccc5)c4)cc(-c4cc(-c5ccccc5)cc(-c5ccccc5)c4)n3)cc3c1B2c1ccc(C(C)(C)C)cc1N3c1cc(-c2ccccc2)cc(-c2ccccc2)c1. The van der Waals surface area contributed by atoms with E-state index in [0.717, 1.165) is 151 Å². The molecule has 0 bridgehead atoms. The third kappa shape index (κ3) is 12.8. The summed E-state index contributed by atoms with van der Waals surface area (Å²) in [6.07, 6.45) is 0. The van der Waals surface area contributed by atoms with E-state index in [1.807, 2.05) is 0 Å². The van der Waals surface area contributed by atoms with Crippen LogP contribution in [0.15, 0.2) is 370 Å². The highest BCUT2D eigenvalue weighted by Crippen LogP contribution is 2.51. The number of anilines is 6. The van der Waals surface area contributed by atoms with Crippen molar-refractivity contribution in [3.05, 3.63) is 381 Å². The van der Waals surface area contributed by atoms with Crippen LogP contribution in [0.5, 0.6) is 0 Å². The lowest BCUT2D eigenvalue weighted by Gasteiger charge is -2.45. The van der Waals surface area contributed by atoms with Crippen molar-refractivity contribution in [3.63, 3.8) is 0 Å². The van der Waals surface area contributed by atoms with Gasteiger partial charge in [0.05, 0.1) is 11.4 Å². The minimum absolute atomic E-state index is 0.195. The fraction of sp³-hybridized carbons (Fsp3) is 0.0784. The predicted octanol–water partition coefficient (Wildman–Crippen LogP) is 25.5. The fourth-order valence-corrected chi connectivity index (χ4v) is 15.9. The topological polar surface area (TPSA) is 32.3 Å². The summed E-state index contributed by atoms with van der Waals surface area (Å²) in [6.45, 7) is 13.8. The lowest BCUT2D eigenvalue weighted by Crippen LogP contribution is -2.61. The van der Waals surface area contributed by atoms with Gasteiger partial charge in [-0.25, -0.2) is 9.97 Å². The minimum Gasteiger partial charge on any atom is -0.311 e. The second-order valence-corrected chi connectivity index (χ2v) is 30.6. The first-order valence-electron chi connectivity index (χ1n) is 37.3. The van der Waals surface area contributed by atoms with Crippen LogP contribution in [0.1, 0.15) is 52.7 Å². The van der Waals surface area contributed by atoms with Crippen LogP contribution >= 0.6 is 0 Å². The largest absolute Gasteiger partial charge is 0.311 e. The number of hydrogen-bond acceptors (Lipinski definition) is 4. The molecule has 0 saturated carbocycles. The zero-order valence-corrected chi connectivity index (χ0v) is 61.1. The Kier molecular flexibility index (Phi) is 16.8. The van der Waals surface area contributed by atoms with Crippen molar-refractivity contribution in [2.24, 2.45) is 0 Å². The third-order valence-corrected chi connectivity index (χ3v) is 21.5. The van der Waals surface area contributed by atoms with Gasteiger partial charge in [-0.2, -0.15) is 0 Å². The Morgan fingerprint density at radius 2 is 0.458 bits per heavy atom. The van der Waals surface area contributed by atoms with Gasteiger partial charge in [-0.15, -0.1) is 0 Å². The zero-order chi connectivity index (χ0) is 72.3. The molecule has 0 unspecified atom stereocenters. The Morgan fingerprint density at radius 1 is 0.215 bits per heavy atom. The van der Waals surface area contributed by atoms with E-state index in [1.54, 1.807) is 0 Å². The van der Waals surface area contributed by atoms with Crippen LogP contribution in [0.4, 0.5) is 34.1 Å². The van der Waals surface area contributed by atoms with Gasteiger partial charge < -0.3 is 9.80 Å². The van der Waals surface area contributed by atoms with Gasteiger partial charge in [0, 0.05) is 50.8 Å². The first-order chi connectivity index (χ1) is 52.3. The van der Waals surface area contributed by atoms with E-state index >= 15 is 0 Å². The number of rotatable bonds is 13. The monoisotopic (exact) mass is 1370 g/mol. The van der Waals surface area contributed by atoms with Gasteiger partial charge in [-0.1, -0.05) is 308 Å². The molecule has 15 aromatic carbocycles. The molecular weight excluding hydrogens is 1290 g/mol. The van der Waals surface area contributed by atoms with Gasteiger partial charge in [0.25, 0.3) is 6.71 Å². The van der Waals surface area contributed by atoms with Crippen molar-refractivity contribution in [3.8, 4) is 123 Å². The Hall–Kier alpha value is -13.0. The summed E-state index contributed by atoms with van der Waals surface area (Å²) in [5.74, 6) is 0.597. The minimum atomic E-state index is -0.205. The Bertz CT molecular complexity index is 5400. The van der Waals surface area contributed by atoms with Crippen molar-refractivity contribution >= 4 is 57.2 Å². The normalized spacial score (nSPS) is 12.3. The van der Waals surface area contributed by atoms with Crippen molar-refractivity contribution in [1.29, 1.82) is 0 Å². The number of aromatic nitrogens is 2. The molecule has 0 spiro atoms. The maximum atomic E-state index is 6.04. The standard InChI is InChI=1S/C102H79BN4/c1-101(2,3)87-47-49-91-95(65-87)106(89-59-80(72-39-23-11-24-40-72)53-81(60-89)73-41-25-12-26-42-73)97-63-86(64-98-99(97)103(91)92-50-48-88(102(4,5)6)66-96(92)107(98)90-61-82(74-43-27-13-28-44-74)54-83(62-90)75-45-29-14-30-46-75)100-104-93(84-55-76(68-31-15-7-16-32-68)51-77(56-84)69-33-17-8-18-34-69)67-94(105-100)85-57-78(70-35-19-9-20-36-70)52-79(58-85)71-37-21-10-22-38-71/h7-67H,1-6H3. The van der Waals surface area contributed by atoms with Gasteiger partial charge >= 0.3 is 0 Å². The molecule has 0 fully saturated rings. The molecule has 510 valence electrons. The number of benzene rings is 15. The number of nitrogens with zero attached hydrogens (tertiary/aromatic N) is 4. The highest BCUT2D eigenvalue weighted by molar-refractivity contribution is 7.00. The Morgan fingerprint density at radius 3 is 0.710 bits per heavy atom. The molecule has 1 aromatic heterocycles. The molecule has 0 N–H and O–H groups in total. The second-order valence-electron chi connectivity index (χ2n) is 30.6. The molecule has 0 saturated heterocycles. The van der Waals surface area contributed by atoms with Gasteiger partial charge in [0.2, 0.25) is 0 Å². The molecule has 2 aliphatic rings. The molecule has 0 amide bonds. The molecule has 4 nitrogen and oxygen atoms in total. The number of fused-ring (bicyclic) bond motifs is 4. The van der Waals surface area contributed by atoms with Crippen LogP contribution in [0.3, 0.4) is 0 Å². The van der Waals surface area contributed by atoms with Gasteiger partial charge in [-0.05, 0) is 230 Å². The first-order valence-corrected chi connectivity index (χ1v) is 37.3. The van der Waals surface area contributed by atoms with Gasteiger partial charge in [-0.3, -0.25) is 0 Å². The molecular formula is C102H79BN4. The lowest BCUT2D eigenvalue weighted by molar-refractivity contribution is 0.590. The van der Waals surface area contributed by atoms with E-state index in [4.69, 9.17) is 9.97 Å². The van der Waals surface area contributed by atoms with Gasteiger partial charge in [0.1, 0.15) is 0 Å².